The number of nitrogens with one attached hydrogen (secondary N) is 1. The number of hydrogen-bond acceptors (Lipinski definition) is 2. The number of H-pyrrole nitrogens is 1. The minimum absolute atomic E-state index is 0.00647. The molecule has 1 aromatic carbocycles. The van der Waals surface area contributed by atoms with Gasteiger partial charge < -0.3 is 10.7 Å². The number of benzene rings is 1. The summed E-state index contributed by atoms with van der Waals surface area (Å²) < 4.78 is 0. The van der Waals surface area contributed by atoms with Crippen molar-refractivity contribution in [2.75, 3.05) is 0 Å². The van der Waals surface area contributed by atoms with Gasteiger partial charge in [0.2, 0.25) is 0 Å². The Hall–Kier alpha value is -1.35. The van der Waals surface area contributed by atoms with Crippen molar-refractivity contribution in [1.82, 2.24) is 9.97 Å². The SMILES string of the molecule is CCC(C)C(N)c1nc2cc(C)c(C)cc2[nH]1. The summed E-state index contributed by atoms with van der Waals surface area (Å²) in [5.74, 6) is 1.34. The highest BCUT2D eigenvalue weighted by Crippen LogP contribution is 2.23. The van der Waals surface area contributed by atoms with Crippen molar-refractivity contribution in [3.8, 4) is 0 Å². The average molecular weight is 231 g/mol. The zero-order valence-corrected chi connectivity index (χ0v) is 11.0. The second kappa shape index (κ2) is 4.49. The summed E-state index contributed by atoms with van der Waals surface area (Å²) in [6, 6.07) is 4.26. The highest BCUT2D eigenvalue weighted by Gasteiger charge is 2.17. The third-order valence-corrected chi connectivity index (χ3v) is 3.69. The summed E-state index contributed by atoms with van der Waals surface area (Å²) >= 11 is 0. The molecule has 0 spiro atoms. The number of nitrogens with two attached hydrogens (primary N) is 1. The van der Waals surface area contributed by atoms with E-state index < -0.39 is 0 Å². The van der Waals surface area contributed by atoms with Crippen LogP contribution in [0.1, 0.15) is 43.3 Å². The number of aryl methyl sites for hydroxylation is 2. The van der Waals surface area contributed by atoms with Crippen LogP contribution >= 0.6 is 0 Å². The van der Waals surface area contributed by atoms with Crippen LogP contribution in [-0.2, 0) is 0 Å². The van der Waals surface area contributed by atoms with Gasteiger partial charge in [0.25, 0.3) is 0 Å². The van der Waals surface area contributed by atoms with Gasteiger partial charge in [0.05, 0.1) is 17.1 Å². The Balaban J connectivity index is 2.44. The Morgan fingerprint density at radius 2 is 1.94 bits per heavy atom. The van der Waals surface area contributed by atoms with E-state index in [1.807, 2.05) is 0 Å². The van der Waals surface area contributed by atoms with E-state index >= 15 is 0 Å². The van der Waals surface area contributed by atoms with Crippen molar-refractivity contribution < 1.29 is 0 Å². The number of imidazole rings is 1. The van der Waals surface area contributed by atoms with E-state index in [-0.39, 0.29) is 6.04 Å². The molecule has 0 bridgehead atoms. The zero-order chi connectivity index (χ0) is 12.6. The molecule has 3 heteroatoms. The van der Waals surface area contributed by atoms with Gasteiger partial charge in [-0.05, 0) is 43.0 Å². The van der Waals surface area contributed by atoms with Crippen LogP contribution in [0.2, 0.25) is 0 Å². The molecule has 0 amide bonds. The number of fused-ring (bicyclic) bond motifs is 1. The third-order valence-electron chi connectivity index (χ3n) is 3.69. The molecule has 2 aromatic rings. The van der Waals surface area contributed by atoms with Crippen LogP contribution in [0.5, 0.6) is 0 Å². The molecule has 0 aliphatic heterocycles. The molecule has 1 aromatic heterocycles. The molecule has 0 radical (unpaired) electrons. The van der Waals surface area contributed by atoms with Crippen LogP contribution < -0.4 is 5.73 Å². The van der Waals surface area contributed by atoms with Gasteiger partial charge in [-0.25, -0.2) is 4.98 Å². The smallest absolute Gasteiger partial charge is 0.124 e. The van der Waals surface area contributed by atoms with Crippen LogP contribution in [0.3, 0.4) is 0 Å². The molecule has 1 heterocycles. The molecule has 0 aliphatic rings. The number of rotatable bonds is 3. The van der Waals surface area contributed by atoms with Crippen LogP contribution in [0.25, 0.3) is 11.0 Å². The highest BCUT2D eigenvalue weighted by molar-refractivity contribution is 5.77. The normalized spacial score (nSPS) is 15.1. The molecular formula is C14H21N3. The van der Waals surface area contributed by atoms with Crippen molar-refractivity contribution in [3.05, 3.63) is 29.1 Å². The maximum atomic E-state index is 6.20. The lowest BCUT2D eigenvalue weighted by Gasteiger charge is -2.15. The molecular weight excluding hydrogens is 210 g/mol. The lowest BCUT2D eigenvalue weighted by molar-refractivity contribution is 0.442. The van der Waals surface area contributed by atoms with Crippen LogP contribution in [0.15, 0.2) is 12.1 Å². The molecule has 92 valence electrons. The molecule has 3 N–H and O–H groups in total. The van der Waals surface area contributed by atoms with Gasteiger partial charge in [-0.3, -0.25) is 0 Å². The fourth-order valence-electron chi connectivity index (χ4n) is 1.97. The van der Waals surface area contributed by atoms with E-state index in [4.69, 9.17) is 5.73 Å². The zero-order valence-electron chi connectivity index (χ0n) is 11.0. The molecule has 3 nitrogen and oxygen atoms in total. The first-order chi connectivity index (χ1) is 8.02. The van der Waals surface area contributed by atoms with Gasteiger partial charge in [-0.2, -0.15) is 0 Å². The van der Waals surface area contributed by atoms with E-state index in [2.05, 4.69) is 49.8 Å². The number of aromatic amines is 1. The van der Waals surface area contributed by atoms with Gasteiger partial charge in [0, 0.05) is 0 Å². The Kier molecular flexibility index (Phi) is 3.20. The quantitative estimate of drug-likeness (QED) is 0.852. The average Bonchev–Trinajstić information content (AvgIpc) is 2.70. The molecule has 2 unspecified atom stereocenters. The summed E-state index contributed by atoms with van der Waals surface area (Å²) in [7, 11) is 0. The Morgan fingerprint density at radius 3 is 2.59 bits per heavy atom. The predicted octanol–water partition coefficient (Wildman–Crippen LogP) is 3.23. The van der Waals surface area contributed by atoms with Crippen molar-refractivity contribution in [3.63, 3.8) is 0 Å². The van der Waals surface area contributed by atoms with Crippen LogP contribution in [0, 0.1) is 19.8 Å². The molecule has 17 heavy (non-hydrogen) atoms. The topological polar surface area (TPSA) is 54.7 Å². The predicted molar refractivity (Wildman–Crippen MR) is 72.0 cm³/mol. The molecule has 0 saturated heterocycles. The van der Waals surface area contributed by atoms with Crippen LogP contribution in [-0.4, -0.2) is 9.97 Å². The summed E-state index contributed by atoms with van der Waals surface area (Å²) in [4.78, 5) is 7.95. The van der Waals surface area contributed by atoms with E-state index in [0.29, 0.717) is 5.92 Å². The number of nitrogens with zero attached hydrogens (tertiary/aromatic N) is 1. The standard InChI is InChI=1S/C14H21N3/c1-5-8(2)13(15)14-16-11-6-9(3)10(4)7-12(11)17-14/h6-8,13H,5,15H2,1-4H3,(H,16,17). The van der Waals surface area contributed by atoms with Gasteiger partial charge in [0.1, 0.15) is 5.82 Å². The first-order valence-electron chi connectivity index (χ1n) is 6.25. The van der Waals surface area contributed by atoms with Crippen molar-refractivity contribution in [2.24, 2.45) is 11.7 Å². The lowest BCUT2D eigenvalue weighted by atomic mass is 10.00. The van der Waals surface area contributed by atoms with Crippen LogP contribution in [0.4, 0.5) is 0 Å². The van der Waals surface area contributed by atoms with Crippen molar-refractivity contribution in [1.29, 1.82) is 0 Å². The lowest BCUT2D eigenvalue weighted by Crippen LogP contribution is -2.19. The minimum atomic E-state index is -0.00647. The Labute approximate surface area is 102 Å². The monoisotopic (exact) mass is 231 g/mol. The Bertz CT molecular complexity index is 488. The third kappa shape index (κ3) is 2.20. The largest absolute Gasteiger partial charge is 0.341 e. The number of aromatic nitrogens is 2. The minimum Gasteiger partial charge on any atom is -0.341 e. The van der Waals surface area contributed by atoms with Gasteiger partial charge in [-0.1, -0.05) is 20.3 Å². The molecule has 0 fully saturated rings. The van der Waals surface area contributed by atoms with E-state index in [1.54, 1.807) is 0 Å². The van der Waals surface area contributed by atoms with Crippen molar-refractivity contribution >= 4 is 11.0 Å². The molecule has 2 rings (SSSR count). The highest BCUT2D eigenvalue weighted by atomic mass is 15.0. The summed E-state index contributed by atoms with van der Waals surface area (Å²) in [5.41, 5.74) is 10.8. The molecule has 0 aliphatic carbocycles. The maximum Gasteiger partial charge on any atom is 0.124 e. The van der Waals surface area contributed by atoms with E-state index in [9.17, 15) is 0 Å². The second-order valence-corrected chi connectivity index (χ2v) is 4.99. The van der Waals surface area contributed by atoms with Gasteiger partial charge in [-0.15, -0.1) is 0 Å². The number of hydrogen-bond donors (Lipinski definition) is 2. The maximum absolute atomic E-state index is 6.20. The second-order valence-electron chi connectivity index (χ2n) is 4.99. The van der Waals surface area contributed by atoms with Gasteiger partial charge >= 0.3 is 0 Å². The van der Waals surface area contributed by atoms with E-state index in [1.165, 1.54) is 11.1 Å². The van der Waals surface area contributed by atoms with Crippen molar-refractivity contribution in [2.45, 2.75) is 40.2 Å². The molecule has 0 saturated carbocycles. The summed E-state index contributed by atoms with van der Waals surface area (Å²) in [6.45, 7) is 8.54. The first kappa shape index (κ1) is 12.1. The summed E-state index contributed by atoms with van der Waals surface area (Å²) in [6.07, 6.45) is 1.07. The summed E-state index contributed by atoms with van der Waals surface area (Å²) in [5, 5.41) is 0. The Morgan fingerprint density at radius 1 is 1.29 bits per heavy atom. The fraction of sp³-hybridized carbons (Fsp3) is 0.500. The van der Waals surface area contributed by atoms with E-state index in [0.717, 1.165) is 23.3 Å². The fourth-order valence-corrected chi connectivity index (χ4v) is 1.97. The molecule has 2 atom stereocenters. The van der Waals surface area contributed by atoms with Gasteiger partial charge in [0.15, 0.2) is 0 Å². The first-order valence-corrected chi connectivity index (χ1v) is 6.25.